The molecule has 0 amide bonds. The Morgan fingerprint density at radius 3 is 3.06 bits per heavy atom. The molecular formula is C14H18ClNO. The molecule has 1 aliphatic carbocycles. The van der Waals surface area contributed by atoms with Crippen LogP contribution in [0.5, 0.6) is 0 Å². The second-order valence-corrected chi connectivity index (χ2v) is 5.26. The molecule has 0 saturated heterocycles. The molecule has 2 nitrogen and oxygen atoms in total. The first kappa shape index (κ1) is 12.6. The molecule has 17 heavy (non-hydrogen) atoms. The normalized spacial score (nSPS) is 24.6. The molecule has 0 bridgehead atoms. The minimum Gasteiger partial charge on any atom is -0.294 e. The zero-order valence-corrected chi connectivity index (χ0v) is 10.9. The fraction of sp³-hybridized carbons (Fsp3) is 0.571. The number of carbonyl (C=O) groups is 1. The van der Waals surface area contributed by atoms with Crippen LogP contribution in [-0.2, 0) is 0 Å². The average Bonchev–Trinajstić information content (AvgIpc) is 2.38. The van der Waals surface area contributed by atoms with Crippen molar-refractivity contribution >= 4 is 17.4 Å². The number of hydrogen-bond donors (Lipinski definition) is 0. The quantitative estimate of drug-likeness (QED) is 0.756. The molecule has 0 radical (unpaired) electrons. The van der Waals surface area contributed by atoms with Gasteiger partial charge in [0.05, 0.1) is 5.02 Å². The maximum atomic E-state index is 12.4. The van der Waals surface area contributed by atoms with E-state index in [0.29, 0.717) is 16.5 Å². The minimum absolute atomic E-state index is 0.161. The molecule has 1 heterocycles. The first-order valence-electron chi connectivity index (χ1n) is 6.36. The van der Waals surface area contributed by atoms with Crippen molar-refractivity contribution in [2.75, 3.05) is 0 Å². The number of carbonyl (C=O) groups excluding carboxylic acids is 1. The van der Waals surface area contributed by atoms with Gasteiger partial charge in [-0.1, -0.05) is 37.8 Å². The Morgan fingerprint density at radius 2 is 2.35 bits per heavy atom. The van der Waals surface area contributed by atoms with Crippen molar-refractivity contribution in [3.05, 3.63) is 29.0 Å². The Morgan fingerprint density at radius 1 is 1.53 bits per heavy atom. The molecule has 1 saturated carbocycles. The van der Waals surface area contributed by atoms with E-state index < -0.39 is 0 Å². The van der Waals surface area contributed by atoms with Gasteiger partial charge in [-0.25, -0.2) is 0 Å². The van der Waals surface area contributed by atoms with Crippen LogP contribution in [0, 0.1) is 11.8 Å². The van der Waals surface area contributed by atoms with Crippen LogP contribution in [0.2, 0.25) is 5.02 Å². The first-order valence-corrected chi connectivity index (χ1v) is 6.74. The summed E-state index contributed by atoms with van der Waals surface area (Å²) < 4.78 is 0. The van der Waals surface area contributed by atoms with Crippen molar-refractivity contribution in [3.63, 3.8) is 0 Å². The van der Waals surface area contributed by atoms with Gasteiger partial charge >= 0.3 is 0 Å². The topological polar surface area (TPSA) is 30.0 Å². The molecule has 1 fully saturated rings. The van der Waals surface area contributed by atoms with Crippen LogP contribution in [0.15, 0.2) is 18.5 Å². The highest BCUT2D eigenvalue weighted by Gasteiger charge is 2.27. The Bertz CT molecular complexity index is 405. The lowest BCUT2D eigenvalue weighted by molar-refractivity contribution is 0.0862. The zero-order valence-electron chi connectivity index (χ0n) is 10.2. The molecule has 0 aliphatic heterocycles. The SMILES string of the molecule is CCC1CCCC(C(=O)c2ccncc2Cl)C1. The molecule has 3 heteroatoms. The van der Waals surface area contributed by atoms with E-state index in [4.69, 9.17) is 11.6 Å². The van der Waals surface area contributed by atoms with E-state index in [1.807, 2.05) is 0 Å². The monoisotopic (exact) mass is 251 g/mol. The van der Waals surface area contributed by atoms with Crippen LogP contribution >= 0.6 is 11.6 Å². The summed E-state index contributed by atoms with van der Waals surface area (Å²) in [6.07, 6.45) is 8.83. The van der Waals surface area contributed by atoms with Gasteiger partial charge in [0, 0.05) is 23.9 Å². The lowest BCUT2D eigenvalue weighted by Crippen LogP contribution is -2.23. The Labute approximate surface area is 107 Å². The molecule has 0 N–H and O–H groups in total. The largest absolute Gasteiger partial charge is 0.294 e. The van der Waals surface area contributed by atoms with E-state index in [9.17, 15) is 4.79 Å². The van der Waals surface area contributed by atoms with Crippen molar-refractivity contribution < 1.29 is 4.79 Å². The van der Waals surface area contributed by atoms with Crippen molar-refractivity contribution in [1.82, 2.24) is 4.98 Å². The summed E-state index contributed by atoms with van der Waals surface area (Å²) in [4.78, 5) is 16.3. The molecule has 2 unspecified atom stereocenters. The predicted molar refractivity (Wildman–Crippen MR) is 69.3 cm³/mol. The number of pyridine rings is 1. The van der Waals surface area contributed by atoms with Gasteiger partial charge in [0.1, 0.15) is 0 Å². The van der Waals surface area contributed by atoms with Gasteiger partial charge in [-0.15, -0.1) is 0 Å². The average molecular weight is 252 g/mol. The van der Waals surface area contributed by atoms with Crippen molar-refractivity contribution in [2.45, 2.75) is 39.0 Å². The summed E-state index contributed by atoms with van der Waals surface area (Å²) in [6.45, 7) is 2.21. The molecule has 2 rings (SSSR count). The van der Waals surface area contributed by atoms with Gasteiger partial charge in [-0.05, 0) is 24.8 Å². The third-order valence-electron chi connectivity index (χ3n) is 3.77. The van der Waals surface area contributed by atoms with Gasteiger partial charge < -0.3 is 0 Å². The molecule has 1 aromatic rings. The highest BCUT2D eigenvalue weighted by atomic mass is 35.5. The standard InChI is InChI=1S/C14H18ClNO/c1-2-10-4-3-5-11(8-10)14(17)12-6-7-16-9-13(12)15/h6-7,9-11H,2-5,8H2,1H3. The maximum Gasteiger partial charge on any atom is 0.167 e. The van der Waals surface area contributed by atoms with Gasteiger partial charge in [-0.3, -0.25) is 9.78 Å². The van der Waals surface area contributed by atoms with E-state index in [2.05, 4.69) is 11.9 Å². The van der Waals surface area contributed by atoms with Crippen molar-refractivity contribution in [2.24, 2.45) is 11.8 Å². The van der Waals surface area contributed by atoms with Crippen LogP contribution in [0.3, 0.4) is 0 Å². The molecule has 0 spiro atoms. The number of aromatic nitrogens is 1. The predicted octanol–water partition coefficient (Wildman–Crippen LogP) is 4.13. The lowest BCUT2D eigenvalue weighted by atomic mass is 9.77. The van der Waals surface area contributed by atoms with E-state index >= 15 is 0 Å². The van der Waals surface area contributed by atoms with Crippen LogP contribution < -0.4 is 0 Å². The fourth-order valence-electron chi connectivity index (χ4n) is 2.69. The van der Waals surface area contributed by atoms with E-state index in [-0.39, 0.29) is 11.7 Å². The Balaban J connectivity index is 2.12. The number of rotatable bonds is 3. The second-order valence-electron chi connectivity index (χ2n) is 4.86. The van der Waals surface area contributed by atoms with Crippen LogP contribution in [0.1, 0.15) is 49.4 Å². The minimum atomic E-state index is 0.161. The summed E-state index contributed by atoms with van der Waals surface area (Å²) >= 11 is 6.03. The van der Waals surface area contributed by atoms with Crippen molar-refractivity contribution in [3.8, 4) is 0 Å². The van der Waals surface area contributed by atoms with Gasteiger partial charge in [0.2, 0.25) is 0 Å². The number of Topliss-reactive ketones (excluding diaryl/α,β-unsaturated/α-hetero) is 1. The Kier molecular flexibility index (Phi) is 4.16. The summed E-state index contributed by atoms with van der Waals surface area (Å²) in [6, 6.07) is 1.74. The fourth-order valence-corrected chi connectivity index (χ4v) is 2.91. The maximum absolute atomic E-state index is 12.4. The summed E-state index contributed by atoms with van der Waals surface area (Å²) in [5.41, 5.74) is 0.642. The molecule has 2 atom stereocenters. The summed E-state index contributed by atoms with van der Waals surface area (Å²) in [5, 5.41) is 0.483. The molecule has 1 aromatic heterocycles. The lowest BCUT2D eigenvalue weighted by Gasteiger charge is -2.27. The van der Waals surface area contributed by atoms with E-state index in [1.54, 1.807) is 18.5 Å². The van der Waals surface area contributed by atoms with E-state index in [0.717, 1.165) is 19.3 Å². The number of ketones is 1. The van der Waals surface area contributed by atoms with Crippen LogP contribution in [0.25, 0.3) is 0 Å². The number of nitrogens with zero attached hydrogens (tertiary/aromatic N) is 1. The smallest absolute Gasteiger partial charge is 0.167 e. The van der Waals surface area contributed by atoms with Gasteiger partial charge in [-0.2, -0.15) is 0 Å². The molecule has 1 aliphatic rings. The summed E-state index contributed by atoms with van der Waals surface area (Å²) in [5.74, 6) is 1.07. The molecular weight excluding hydrogens is 234 g/mol. The third-order valence-corrected chi connectivity index (χ3v) is 4.07. The number of halogens is 1. The van der Waals surface area contributed by atoms with E-state index in [1.165, 1.54) is 12.8 Å². The van der Waals surface area contributed by atoms with Crippen LogP contribution in [-0.4, -0.2) is 10.8 Å². The van der Waals surface area contributed by atoms with Crippen LogP contribution in [0.4, 0.5) is 0 Å². The second kappa shape index (κ2) is 5.63. The first-order chi connectivity index (χ1) is 8.22. The third kappa shape index (κ3) is 2.86. The zero-order chi connectivity index (χ0) is 12.3. The van der Waals surface area contributed by atoms with Gasteiger partial charge in [0.25, 0.3) is 0 Å². The highest BCUT2D eigenvalue weighted by molar-refractivity contribution is 6.33. The summed E-state index contributed by atoms with van der Waals surface area (Å²) in [7, 11) is 0. The molecule has 0 aromatic carbocycles. The highest BCUT2D eigenvalue weighted by Crippen LogP contribution is 2.33. The van der Waals surface area contributed by atoms with Crippen molar-refractivity contribution in [1.29, 1.82) is 0 Å². The number of hydrogen-bond acceptors (Lipinski definition) is 2. The Hall–Kier alpha value is -0.890. The molecule has 92 valence electrons. The van der Waals surface area contributed by atoms with Gasteiger partial charge in [0.15, 0.2) is 5.78 Å².